The number of aromatic nitrogens is 2. The molecule has 10 aromatic carbocycles. The minimum absolute atomic E-state index is 0.693. The van der Waals surface area contributed by atoms with E-state index >= 15 is 0 Å². The van der Waals surface area contributed by atoms with Crippen molar-refractivity contribution in [2.45, 2.75) is 0 Å². The van der Waals surface area contributed by atoms with Crippen molar-refractivity contribution in [3.8, 4) is 89.5 Å². The maximum Gasteiger partial charge on any atom is 0.160 e. The van der Waals surface area contributed by atoms with Crippen LogP contribution in [0.3, 0.4) is 0 Å². The molecule has 0 aliphatic carbocycles. The molecule has 0 aliphatic heterocycles. The highest BCUT2D eigenvalue weighted by atomic mass is 14.9. The number of rotatable bonds is 8. The fraction of sp³-hybridized carbons (Fsp3) is 0. The van der Waals surface area contributed by atoms with E-state index in [1.54, 1.807) is 0 Å². The standard InChI is InChI=1S/C60H40N2/c1-2-10-41(11-3-1)42-28-38-53(39-29-42)60-61-58(51-34-24-45(25-35-51)43-20-30-49(31-21-43)56-18-8-14-47-12-4-6-16-54(47)56)40-59(62-60)52-36-26-46(27-37-52)44-22-32-50(33-23-44)57-19-9-15-48-13-5-7-17-55(48)57/h1-40H. The highest BCUT2D eigenvalue weighted by Gasteiger charge is 2.13. The monoisotopic (exact) mass is 788 g/mol. The summed E-state index contributed by atoms with van der Waals surface area (Å²) in [5.74, 6) is 0.693. The van der Waals surface area contributed by atoms with Gasteiger partial charge in [0.25, 0.3) is 0 Å². The van der Waals surface area contributed by atoms with Crippen molar-refractivity contribution in [3.05, 3.63) is 243 Å². The van der Waals surface area contributed by atoms with Gasteiger partial charge in [-0.15, -0.1) is 0 Å². The number of fused-ring (bicyclic) bond motifs is 2. The molecule has 0 saturated heterocycles. The summed E-state index contributed by atoms with van der Waals surface area (Å²) >= 11 is 0. The molecule has 2 nitrogen and oxygen atoms in total. The first-order chi connectivity index (χ1) is 30.7. The SMILES string of the molecule is c1ccc(-c2ccc(-c3nc(-c4ccc(-c5ccc(-c6cccc7ccccc67)cc5)cc4)cc(-c4ccc(-c5ccc(-c6cccc7ccccc67)cc5)cc4)n3)cc2)cc1. The Morgan fingerprint density at radius 3 is 0.935 bits per heavy atom. The zero-order valence-corrected chi connectivity index (χ0v) is 34.0. The first-order valence-corrected chi connectivity index (χ1v) is 21.1. The second-order valence-electron chi connectivity index (χ2n) is 15.8. The molecule has 0 aliphatic rings. The van der Waals surface area contributed by atoms with E-state index in [9.17, 15) is 0 Å². The van der Waals surface area contributed by atoms with Gasteiger partial charge in [-0.2, -0.15) is 0 Å². The Morgan fingerprint density at radius 1 is 0.210 bits per heavy atom. The van der Waals surface area contributed by atoms with Crippen molar-refractivity contribution in [3.63, 3.8) is 0 Å². The third kappa shape index (κ3) is 7.25. The van der Waals surface area contributed by atoms with Crippen molar-refractivity contribution in [1.82, 2.24) is 9.97 Å². The van der Waals surface area contributed by atoms with Gasteiger partial charge in [-0.3, -0.25) is 0 Å². The Labute approximate surface area is 362 Å². The summed E-state index contributed by atoms with van der Waals surface area (Å²) < 4.78 is 0. The van der Waals surface area contributed by atoms with Crippen LogP contribution in [0.5, 0.6) is 0 Å². The fourth-order valence-corrected chi connectivity index (χ4v) is 8.62. The molecule has 11 aromatic rings. The molecule has 0 atom stereocenters. The molecule has 0 fully saturated rings. The highest BCUT2D eigenvalue weighted by Crippen LogP contribution is 2.35. The third-order valence-corrected chi connectivity index (χ3v) is 12.0. The summed E-state index contributed by atoms with van der Waals surface area (Å²) in [6.45, 7) is 0. The fourth-order valence-electron chi connectivity index (χ4n) is 8.62. The highest BCUT2D eigenvalue weighted by molar-refractivity contribution is 5.98. The van der Waals surface area contributed by atoms with Gasteiger partial charge in [-0.05, 0) is 83.2 Å². The lowest BCUT2D eigenvalue weighted by Crippen LogP contribution is -1.96. The van der Waals surface area contributed by atoms with Crippen LogP contribution < -0.4 is 0 Å². The first kappa shape index (κ1) is 36.8. The summed E-state index contributed by atoms with van der Waals surface area (Å²) in [6, 6.07) is 86.5. The largest absolute Gasteiger partial charge is 0.228 e. The van der Waals surface area contributed by atoms with E-state index in [0.29, 0.717) is 5.82 Å². The molecular formula is C60H40N2. The average Bonchev–Trinajstić information content (AvgIpc) is 3.36. The molecule has 2 heteroatoms. The molecule has 0 saturated carbocycles. The van der Waals surface area contributed by atoms with Gasteiger partial charge < -0.3 is 0 Å². The zero-order chi connectivity index (χ0) is 41.2. The zero-order valence-electron chi connectivity index (χ0n) is 34.0. The molecule has 290 valence electrons. The Hall–Kier alpha value is -8.20. The second kappa shape index (κ2) is 16.1. The minimum Gasteiger partial charge on any atom is -0.228 e. The predicted octanol–water partition coefficient (Wildman–Crippen LogP) is 16.1. The van der Waals surface area contributed by atoms with Gasteiger partial charge >= 0.3 is 0 Å². The molecule has 0 unspecified atom stereocenters. The van der Waals surface area contributed by atoms with Crippen molar-refractivity contribution in [2.75, 3.05) is 0 Å². The lowest BCUT2D eigenvalue weighted by atomic mass is 9.95. The summed E-state index contributed by atoms with van der Waals surface area (Å²) in [7, 11) is 0. The smallest absolute Gasteiger partial charge is 0.160 e. The normalized spacial score (nSPS) is 11.2. The van der Waals surface area contributed by atoms with Crippen molar-refractivity contribution in [2.24, 2.45) is 0 Å². The van der Waals surface area contributed by atoms with Gasteiger partial charge in [0.15, 0.2) is 5.82 Å². The number of hydrogen-bond acceptors (Lipinski definition) is 2. The van der Waals surface area contributed by atoms with Crippen molar-refractivity contribution in [1.29, 1.82) is 0 Å². The molecule has 0 N–H and O–H groups in total. The summed E-state index contributed by atoms with van der Waals surface area (Å²) in [4.78, 5) is 10.4. The van der Waals surface area contributed by atoms with Crippen LogP contribution in [0.4, 0.5) is 0 Å². The Morgan fingerprint density at radius 2 is 0.516 bits per heavy atom. The first-order valence-electron chi connectivity index (χ1n) is 21.1. The topological polar surface area (TPSA) is 25.8 Å². The number of nitrogens with zero attached hydrogens (tertiary/aromatic N) is 2. The van der Waals surface area contributed by atoms with Gasteiger partial charge in [0.1, 0.15) is 0 Å². The minimum atomic E-state index is 0.693. The van der Waals surface area contributed by atoms with Crippen LogP contribution in [0.15, 0.2) is 243 Å². The van der Waals surface area contributed by atoms with Crippen molar-refractivity contribution < 1.29 is 0 Å². The Balaban J connectivity index is 0.905. The quantitative estimate of drug-likeness (QED) is 0.153. The van der Waals surface area contributed by atoms with Crippen LogP contribution in [-0.2, 0) is 0 Å². The maximum absolute atomic E-state index is 5.18. The average molecular weight is 789 g/mol. The van der Waals surface area contributed by atoms with Crippen LogP contribution in [0.1, 0.15) is 0 Å². The molecule has 0 amide bonds. The number of hydrogen-bond donors (Lipinski definition) is 0. The van der Waals surface area contributed by atoms with E-state index in [0.717, 1.165) is 44.8 Å². The summed E-state index contributed by atoms with van der Waals surface area (Å²) in [6.07, 6.45) is 0. The van der Waals surface area contributed by atoms with Crippen LogP contribution >= 0.6 is 0 Å². The van der Waals surface area contributed by atoms with E-state index in [2.05, 4.69) is 237 Å². The maximum atomic E-state index is 5.18. The van der Waals surface area contributed by atoms with Gasteiger partial charge in [0.2, 0.25) is 0 Å². The molecule has 0 radical (unpaired) electrons. The lowest BCUT2D eigenvalue weighted by Gasteiger charge is -2.12. The lowest BCUT2D eigenvalue weighted by molar-refractivity contribution is 1.18. The molecule has 1 aromatic heterocycles. The van der Waals surface area contributed by atoms with Gasteiger partial charge in [0, 0.05) is 16.7 Å². The van der Waals surface area contributed by atoms with Gasteiger partial charge in [0.05, 0.1) is 11.4 Å². The van der Waals surface area contributed by atoms with E-state index in [1.807, 2.05) is 6.07 Å². The van der Waals surface area contributed by atoms with Gasteiger partial charge in [-0.1, -0.05) is 237 Å². The molecule has 1 heterocycles. The Kier molecular flexibility index (Phi) is 9.57. The number of benzene rings is 10. The van der Waals surface area contributed by atoms with Gasteiger partial charge in [-0.25, -0.2) is 9.97 Å². The molecule has 11 rings (SSSR count). The van der Waals surface area contributed by atoms with E-state index in [4.69, 9.17) is 9.97 Å². The predicted molar refractivity (Wildman–Crippen MR) is 261 cm³/mol. The summed E-state index contributed by atoms with van der Waals surface area (Å²) in [5.41, 5.74) is 16.7. The van der Waals surface area contributed by atoms with Crippen LogP contribution in [0.2, 0.25) is 0 Å². The van der Waals surface area contributed by atoms with E-state index in [-0.39, 0.29) is 0 Å². The summed E-state index contributed by atoms with van der Waals surface area (Å²) in [5, 5.41) is 5.03. The molecule has 0 bridgehead atoms. The third-order valence-electron chi connectivity index (χ3n) is 12.0. The molecular weight excluding hydrogens is 749 g/mol. The van der Waals surface area contributed by atoms with Crippen LogP contribution in [-0.4, -0.2) is 9.97 Å². The van der Waals surface area contributed by atoms with E-state index < -0.39 is 0 Å². The molecule has 62 heavy (non-hydrogen) atoms. The second-order valence-corrected chi connectivity index (χ2v) is 15.8. The van der Waals surface area contributed by atoms with Crippen LogP contribution in [0, 0.1) is 0 Å². The molecule has 0 spiro atoms. The van der Waals surface area contributed by atoms with Crippen molar-refractivity contribution >= 4 is 21.5 Å². The van der Waals surface area contributed by atoms with Crippen LogP contribution in [0.25, 0.3) is 111 Å². The Bertz CT molecular complexity index is 3140. The van der Waals surface area contributed by atoms with E-state index in [1.165, 1.54) is 60.5 Å².